The topological polar surface area (TPSA) is 15.3 Å². The van der Waals surface area contributed by atoms with Crippen LogP contribution in [0.15, 0.2) is 0 Å². The van der Waals surface area contributed by atoms with Crippen LogP contribution in [0.5, 0.6) is 0 Å². The van der Waals surface area contributed by atoms with E-state index in [0.29, 0.717) is 0 Å². The maximum Gasteiger partial charge on any atom is 0.0244 e. The molecular weight excluding hydrogens is 144 g/mol. The van der Waals surface area contributed by atoms with E-state index in [-0.39, 0.29) is 0 Å². The second-order valence-electron chi connectivity index (χ2n) is 2.61. The van der Waals surface area contributed by atoms with Crippen molar-refractivity contribution >= 4 is 11.9 Å². The highest BCUT2D eigenvalue weighted by atomic mass is 32.2. The van der Waals surface area contributed by atoms with E-state index in [2.05, 4.69) is 16.1 Å². The molecule has 0 aromatic rings. The fourth-order valence-electron chi connectivity index (χ4n) is 1.17. The molecule has 1 saturated heterocycles. The number of rotatable bonds is 1. The van der Waals surface area contributed by atoms with Gasteiger partial charge < -0.3 is 0 Å². The molecule has 0 aromatic heterocycles. The van der Waals surface area contributed by atoms with Gasteiger partial charge in [0.15, 0.2) is 0 Å². The second kappa shape index (κ2) is 4.99. The number of hydrogen-bond donors (Lipinski definition) is 1. The lowest BCUT2D eigenvalue weighted by Gasteiger charge is -2.22. The van der Waals surface area contributed by atoms with Crippen LogP contribution in [0.3, 0.4) is 0 Å². The first-order chi connectivity index (χ1) is 4.93. The van der Waals surface area contributed by atoms with Gasteiger partial charge in [-0.25, -0.2) is 5.43 Å². The standard InChI is InChI=1S/C7H16N2S/c1-10-9-7-5-3-2-4-6-8-9/h8H,2-7H2,1H3. The summed E-state index contributed by atoms with van der Waals surface area (Å²) in [4.78, 5) is 0. The molecule has 0 saturated carbocycles. The molecular formula is C7H16N2S. The Morgan fingerprint density at radius 2 is 2.00 bits per heavy atom. The predicted molar refractivity (Wildman–Crippen MR) is 46.7 cm³/mol. The lowest BCUT2D eigenvalue weighted by Crippen LogP contribution is -2.34. The molecule has 1 rings (SSSR count). The van der Waals surface area contributed by atoms with Crippen molar-refractivity contribution in [3.63, 3.8) is 0 Å². The Bertz CT molecular complexity index is 79.7. The van der Waals surface area contributed by atoms with E-state index in [1.54, 1.807) is 11.9 Å². The average Bonchev–Trinajstić information content (AvgIpc) is 1.87. The third-order valence-electron chi connectivity index (χ3n) is 1.80. The van der Waals surface area contributed by atoms with E-state index < -0.39 is 0 Å². The first-order valence-electron chi connectivity index (χ1n) is 3.98. The summed E-state index contributed by atoms with van der Waals surface area (Å²) >= 11 is 1.79. The van der Waals surface area contributed by atoms with E-state index in [4.69, 9.17) is 0 Å². The number of hydrogen-bond acceptors (Lipinski definition) is 3. The van der Waals surface area contributed by atoms with Gasteiger partial charge in [0.1, 0.15) is 0 Å². The molecule has 0 aliphatic carbocycles. The molecule has 0 radical (unpaired) electrons. The normalized spacial score (nSPS) is 23.7. The summed E-state index contributed by atoms with van der Waals surface area (Å²) in [6, 6.07) is 0. The molecule has 0 amide bonds. The molecule has 1 aliphatic rings. The van der Waals surface area contributed by atoms with Gasteiger partial charge in [0.05, 0.1) is 0 Å². The van der Waals surface area contributed by atoms with E-state index in [1.165, 1.54) is 32.2 Å². The number of nitrogens with zero attached hydrogens (tertiary/aromatic N) is 1. The zero-order valence-corrected chi connectivity index (χ0v) is 7.41. The Morgan fingerprint density at radius 1 is 1.20 bits per heavy atom. The minimum Gasteiger partial charge on any atom is -0.245 e. The summed E-state index contributed by atoms with van der Waals surface area (Å²) in [5, 5.41) is 0. The van der Waals surface area contributed by atoms with E-state index >= 15 is 0 Å². The van der Waals surface area contributed by atoms with Crippen LogP contribution in [0.1, 0.15) is 25.7 Å². The molecule has 1 aliphatic heterocycles. The van der Waals surface area contributed by atoms with Crippen molar-refractivity contribution in [2.45, 2.75) is 25.7 Å². The largest absolute Gasteiger partial charge is 0.245 e. The summed E-state index contributed by atoms with van der Waals surface area (Å²) in [6.07, 6.45) is 7.59. The van der Waals surface area contributed by atoms with Crippen LogP contribution in [-0.2, 0) is 0 Å². The molecule has 1 fully saturated rings. The van der Waals surface area contributed by atoms with Gasteiger partial charge in [0.25, 0.3) is 0 Å². The first-order valence-corrected chi connectivity index (χ1v) is 5.17. The highest BCUT2D eigenvalue weighted by Gasteiger charge is 2.04. The first kappa shape index (κ1) is 8.37. The minimum atomic E-state index is 1.15. The fourth-order valence-corrected chi connectivity index (χ4v) is 1.70. The van der Waals surface area contributed by atoms with Gasteiger partial charge in [-0.1, -0.05) is 24.8 Å². The van der Waals surface area contributed by atoms with Crippen molar-refractivity contribution < 1.29 is 0 Å². The number of nitrogens with one attached hydrogen (secondary N) is 1. The van der Waals surface area contributed by atoms with E-state index in [1.807, 2.05) is 0 Å². The molecule has 0 aromatic carbocycles. The van der Waals surface area contributed by atoms with Gasteiger partial charge in [-0.05, 0) is 19.1 Å². The molecule has 1 N–H and O–H groups in total. The quantitative estimate of drug-likeness (QED) is 0.587. The molecule has 10 heavy (non-hydrogen) atoms. The van der Waals surface area contributed by atoms with Gasteiger partial charge >= 0.3 is 0 Å². The average molecular weight is 160 g/mol. The molecule has 60 valence electrons. The summed E-state index contributed by atoms with van der Waals surface area (Å²) in [5.74, 6) is 0. The molecule has 0 unspecified atom stereocenters. The third kappa shape index (κ3) is 2.90. The van der Waals surface area contributed by atoms with Gasteiger partial charge in [-0.3, -0.25) is 0 Å². The zero-order chi connectivity index (χ0) is 7.23. The van der Waals surface area contributed by atoms with Crippen LogP contribution in [0.25, 0.3) is 0 Å². The maximum atomic E-state index is 3.37. The monoisotopic (exact) mass is 160 g/mol. The Morgan fingerprint density at radius 3 is 2.80 bits per heavy atom. The SMILES string of the molecule is CSN1CCCCCCN1. The van der Waals surface area contributed by atoms with Gasteiger partial charge in [-0.15, -0.1) is 0 Å². The summed E-state index contributed by atoms with van der Waals surface area (Å²) in [5.41, 5.74) is 3.37. The van der Waals surface area contributed by atoms with Crippen molar-refractivity contribution in [1.29, 1.82) is 0 Å². The van der Waals surface area contributed by atoms with E-state index in [9.17, 15) is 0 Å². The Balaban J connectivity index is 2.16. The van der Waals surface area contributed by atoms with Crippen molar-refractivity contribution in [3.05, 3.63) is 0 Å². The molecule has 2 nitrogen and oxygen atoms in total. The molecule has 0 atom stereocenters. The van der Waals surface area contributed by atoms with Gasteiger partial charge in [-0.2, -0.15) is 4.41 Å². The Labute approximate surface area is 67.5 Å². The summed E-state index contributed by atoms with van der Waals surface area (Å²) < 4.78 is 2.24. The Kier molecular flexibility index (Phi) is 4.18. The van der Waals surface area contributed by atoms with Crippen molar-refractivity contribution in [2.24, 2.45) is 0 Å². The lowest BCUT2D eigenvalue weighted by atomic mass is 10.2. The maximum absolute atomic E-state index is 3.37. The van der Waals surface area contributed by atoms with Crippen LogP contribution in [0.2, 0.25) is 0 Å². The molecule has 3 heteroatoms. The van der Waals surface area contributed by atoms with E-state index in [0.717, 1.165) is 6.54 Å². The van der Waals surface area contributed by atoms with Crippen LogP contribution < -0.4 is 5.43 Å². The molecule has 1 heterocycles. The van der Waals surface area contributed by atoms with Gasteiger partial charge in [0, 0.05) is 13.1 Å². The smallest absolute Gasteiger partial charge is 0.0244 e. The minimum absolute atomic E-state index is 1.15. The van der Waals surface area contributed by atoms with Crippen LogP contribution in [-0.4, -0.2) is 23.8 Å². The van der Waals surface area contributed by atoms with Crippen LogP contribution >= 0.6 is 11.9 Å². The second-order valence-corrected chi connectivity index (χ2v) is 3.41. The molecule has 0 bridgehead atoms. The van der Waals surface area contributed by atoms with Crippen LogP contribution in [0.4, 0.5) is 0 Å². The highest BCUT2D eigenvalue weighted by molar-refractivity contribution is 7.96. The van der Waals surface area contributed by atoms with Crippen molar-refractivity contribution in [2.75, 3.05) is 19.3 Å². The van der Waals surface area contributed by atoms with Crippen molar-refractivity contribution in [3.8, 4) is 0 Å². The highest BCUT2D eigenvalue weighted by Crippen LogP contribution is 2.08. The summed E-state index contributed by atoms with van der Waals surface area (Å²) in [7, 11) is 0. The third-order valence-corrected chi connectivity index (χ3v) is 2.55. The molecule has 0 spiro atoms. The lowest BCUT2D eigenvalue weighted by molar-refractivity contribution is 0.316. The summed E-state index contributed by atoms with van der Waals surface area (Å²) in [6.45, 7) is 2.35. The van der Waals surface area contributed by atoms with Gasteiger partial charge in [0.2, 0.25) is 0 Å². The predicted octanol–water partition coefficient (Wildman–Crippen LogP) is 1.64. The Hall–Kier alpha value is 0.270. The van der Waals surface area contributed by atoms with Crippen LogP contribution in [0, 0.1) is 0 Å². The zero-order valence-electron chi connectivity index (χ0n) is 6.60. The fraction of sp³-hybridized carbons (Fsp3) is 1.00. The number of hydrazine groups is 1. The van der Waals surface area contributed by atoms with Crippen molar-refractivity contribution in [1.82, 2.24) is 9.84 Å².